The normalized spacial score (nSPS) is 16.4. The zero-order chi connectivity index (χ0) is 11.7. The van der Waals surface area contributed by atoms with Crippen LogP contribution >= 0.6 is 0 Å². The van der Waals surface area contributed by atoms with E-state index in [1.165, 1.54) is 0 Å². The van der Waals surface area contributed by atoms with Crippen LogP contribution in [0.5, 0.6) is 0 Å². The molecule has 0 aliphatic heterocycles. The zero-order valence-corrected chi connectivity index (χ0v) is 9.92. The van der Waals surface area contributed by atoms with E-state index in [0.717, 1.165) is 0 Å². The number of halogens is 1. The summed E-state index contributed by atoms with van der Waals surface area (Å²) in [6, 6.07) is 0. The molecule has 1 rings (SSSR count). The molecule has 0 aromatic carbocycles. The second-order valence-corrected chi connectivity index (χ2v) is 4.79. The Morgan fingerprint density at radius 3 is 2.47 bits per heavy atom. The van der Waals surface area contributed by atoms with Gasteiger partial charge in [-0.2, -0.15) is 0 Å². The Hall–Kier alpha value is -0.900. The Kier molecular flexibility index (Phi) is 3.19. The molecule has 0 radical (unpaired) electrons. The van der Waals surface area contributed by atoms with Crippen LogP contribution in [0, 0.1) is 5.41 Å². The fraction of sp³-hybridized carbons (Fsp3) is 0.727. The minimum Gasteiger partial charge on any atom is -0.332 e. The van der Waals surface area contributed by atoms with Crippen molar-refractivity contribution >= 4 is 0 Å². The summed E-state index contributed by atoms with van der Waals surface area (Å²) in [5.41, 5.74) is 3.45. The fourth-order valence-corrected chi connectivity index (χ4v) is 1.65. The van der Waals surface area contributed by atoms with Gasteiger partial charge >= 0.3 is 0 Å². The molecule has 4 heteroatoms. The van der Waals surface area contributed by atoms with Crippen LogP contribution in [0.4, 0.5) is 4.39 Å². The molecule has 0 saturated carbocycles. The van der Waals surface area contributed by atoms with Crippen molar-refractivity contribution in [2.75, 3.05) is 6.54 Å². The minimum absolute atomic E-state index is 0.0481. The molecule has 1 heterocycles. The predicted octanol–water partition coefficient (Wildman–Crippen LogP) is 2.07. The van der Waals surface area contributed by atoms with Crippen molar-refractivity contribution in [3.63, 3.8) is 0 Å². The highest BCUT2D eigenvalue weighted by molar-refractivity contribution is 5.11. The third-order valence-electron chi connectivity index (χ3n) is 2.88. The highest BCUT2D eigenvalue weighted by Crippen LogP contribution is 2.41. The van der Waals surface area contributed by atoms with Crippen LogP contribution in [0.3, 0.4) is 0 Å². The lowest BCUT2D eigenvalue weighted by atomic mass is 9.77. The molecule has 0 bridgehead atoms. The first kappa shape index (κ1) is 12.2. The molecule has 1 aromatic rings. The summed E-state index contributed by atoms with van der Waals surface area (Å²) < 4.78 is 16.6. The molecule has 0 saturated heterocycles. The van der Waals surface area contributed by atoms with Crippen LogP contribution in [0.25, 0.3) is 0 Å². The molecular weight excluding hydrogens is 193 g/mol. The molecular formula is C11H20FN3. The highest BCUT2D eigenvalue weighted by atomic mass is 19.1. The SMILES string of the molecule is CCn1ccnc1C(F)(CN)C(C)(C)C. The molecule has 2 N–H and O–H groups in total. The van der Waals surface area contributed by atoms with Crippen LogP contribution in [0.2, 0.25) is 0 Å². The zero-order valence-electron chi connectivity index (χ0n) is 9.92. The van der Waals surface area contributed by atoms with Gasteiger partial charge in [0.15, 0.2) is 5.67 Å². The second kappa shape index (κ2) is 3.93. The van der Waals surface area contributed by atoms with Crippen molar-refractivity contribution in [2.45, 2.75) is 39.9 Å². The number of aromatic nitrogens is 2. The Bertz CT molecular complexity index is 327. The van der Waals surface area contributed by atoms with Crippen molar-refractivity contribution < 1.29 is 4.39 Å². The molecule has 0 aliphatic rings. The summed E-state index contributed by atoms with van der Waals surface area (Å²) in [4.78, 5) is 4.10. The van der Waals surface area contributed by atoms with Gasteiger partial charge < -0.3 is 10.3 Å². The number of hydrogen-bond acceptors (Lipinski definition) is 2. The van der Waals surface area contributed by atoms with E-state index in [0.29, 0.717) is 12.4 Å². The molecule has 1 aromatic heterocycles. The molecule has 15 heavy (non-hydrogen) atoms. The fourth-order valence-electron chi connectivity index (χ4n) is 1.65. The number of alkyl halides is 1. The van der Waals surface area contributed by atoms with Crippen molar-refractivity contribution in [3.8, 4) is 0 Å². The molecule has 86 valence electrons. The first-order valence-electron chi connectivity index (χ1n) is 5.27. The Morgan fingerprint density at radius 1 is 1.47 bits per heavy atom. The van der Waals surface area contributed by atoms with Crippen molar-refractivity contribution in [1.29, 1.82) is 0 Å². The van der Waals surface area contributed by atoms with Gasteiger partial charge in [-0.15, -0.1) is 0 Å². The Balaban J connectivity index is 3.23. The lowest BCUT2D eigenvalue weighted by molar-refractivity contribution is 0.0220. The van der Waals surface area contributed by atoms with Gasteiger partial charge in [0.25, 0.3) is 0 Å². The van der Waals surface area contributed by atoms with Crippen LogP contribution in [0.15, 0.2) is 12.4 Å². The summed E-state index contributed by atoms with van der Waals surface area (Å²) in [5.74, 6) is 0.431. The van der Waals surface area contributed by atoms with Gasteiger partial charge in [0.1, 0.15) is 5.82 Å². The number of rotatable bonds is 3. The average Bonchev–Trinajstić information content (AvgIpc) is 2.62. The molecule has 0 fully saturated rings. The van der Waals surface area contributed by atoms with E-state index < -0.39 is 11.1 Å². The molecule has 3 nitrogen and oxygen atoms in total. The lowest BCUT2D eigenvalue weighted by Gasteiger charge is -2.36. The van der Waals surface area contributed by atoms with Gasteiger partial charge in [-0.1, -0.05) is 20.8 Å². The summed E-state index contributed by atoms with van der Waals surface area (Å²) in [6.07, 6.45) is 3.40. The molecule has 0 amide bonds. The van der Waals surface area contributed by atoms with Crippen molar-refractivity contribution in [2.24, 2.45) is 11.1 Å². The molecule has 1 atom stereocenters. The van der Waals surface area contributed by atoms with E-state index >= 15 is 0 Å². The van der Waals surface area contributed by atoms with Crippen molar-refractivity contribution in [3.05, 3.63) is 18.2 Å². The van der Waals surface area contributed by atoms with E-state index in [9.17, 15) is 4.39 Å². The first-order valence-corrected chi connectivity index (χ1v) is 5.27. The monoisotopic (exact) mass is 213 g/mol. The molecule has 0 spiro atoms. The van der Waals surface area contributed by atoms with Crippen LogP contribution in [-0.4, -0.2) is 16.1 Å². The van der Waals surface area contributed by atoms with Gasteiger partial charge in [-0.3, -0.25) is 0 Å². The Morgan fingerprint density at radius 2 is 2.07 bits per heavy atom. The quantitative estimate of drug-likeness (QED) is 0.835. The van der Waals surface area contributed by atoms with E-state index in [4.69, 9.17) is 5.73 Å². The van der Waals surface area contributed by atoms with E-state index in [1.807, 2.05) is 27.7 Å². The number of nitrogens with two attached hydrogens (primary N) is 1. The second-order valence-electron chi connectivity index (χ2n) is 4.79. The van der Waals surface area contributed by atoms with Gasteiger partial charge in [0.2, 0.25) is 0 Å². The Labute approximate surface area is 90.5 Å². The minimum atomic E-state index is -1.58. The summed E-state index contributed by atoms with van der Waals surface area (Å²) in [6.45, 7) is 8.15. The first-order chi connectivity index (χ1) is 6.86. The number of imidazole rings is 1. The number of nitrogens with zero attached hydrogens (tertiary/aromatic N) is 2. The maximum absolute atomic E-state index is 14.8. The number of aryl methyl sites for hydroxylation is 1. The van der Waals surface area contributed by atoms with Crippen LogP contribution < -0.4 is 5.73 Å². The summed E-state index contributed by atoms with van der Waals surface area (Å²) in [7, 11) is 0. The van der Waals surface area contributed by atoms with Crippen LogP contribution in [-0.2, 0) is 12.2 Å². The van der Waals surface area contributed by atoms with Gasteiger partial charge in [0, 0.05) is 30.9 Å². The number of hydrogen-bond donors (Lipinski definition) is 1. The molecule has 0 aliphatic carbocycles. The van der Waals surface area contributed by atoms with Gasteiger partial charge in [-0.25, -0.2) is 9.37 Å². The van der Waals surface area contributed by atoms with Crippen molar-refractivity contribution in [1.82, 2.24) is 9.55 Å². The maximum Gasteiger partial charge on any atom is 0.185 e. The van der Waals surface area contributed by atoms with E-state index in [2.05, 4.69) is 4.98 Å². The maximum atomic E-state index is 14.8. The smallest absolute Gasteiger partial charge is 0.185 e. The van der Waals surface area contributed by atoms with E-state index in [-0.39, 0.29) is 6.54 Å². The van der Waals surface area contributed by atoms with Crippen LogP contribution in [0.1, 0.15) is 33.5 Å². The predicted molar refractivity (Wildman–Crippen MR) is 59.2 cm³/mol. The molecule has 1 unspecified atom stereocenters. The van der Waals surface area contributed by atoms with E-state index in [1.54, 1.807) is 17.0 Å². The third-order valence-corrected chi connectivity index (χ3v) is 2.88. The third kappa shape index (κ3) is 1.91. The largest absolute Gasteiger partial charge is 0.332 e. The topological polar surface area (TPSA) is 43.8 Å². The summed E-state index contributed by atoms with van der Waals surface area (Å²) >= 11 is 0. The van der Waals surface area contributed by atoms with Gasteiger partial charge in [-0.05, 0) is 6.92 Å². The summed E-state index contributed by atoms with van der Waals surface area (Å²) in [5, 5.41) is 0. The average molecular weight is 213 g/mol. The van der Waals surface area contributed by atoms with Gasteiger partial charge in [0.05, 0.1) is 0 Å². The standard InChI is InChI=1S/C11H20FN3/c1-5-15-7-6-14-9(15)11(12,8-13)10(2,3)4/h6-7H,5,8,13H2,1-4H3. The highest BCUT2D eigenvalue weighted by Gasteiger charge is 2.46. The lowest BCUT2D eigenvalue weighted by Crippen LogP contribution is -2.44.